The highest BCUT2D eigenvalue weighted by atomic mass is 16.2. The Kier molecular flexibility index (Phi) is 10.5. The van der Waals surface area contributed by atoms with Crippen LogP contribution in [0, 0.1) is 11.3 Å². The molecule has 0 radical (unpaired) electrons. The average Bonchev–Trinajstić information content (AvgIpc) is 2.28. The van der Waals surface area contributed by atoms with Crippen LogP contribution in [0.2, 0.25) is 0 Å². The van der Waals surface area contributed by atoms with Crippen molar-refractivity contribution in [2.75, 3.05) is 19.7 Å². The average molecular weight is 226 g/mol. The summed E-state index contributed by atoms with van der Waals surface area (Å²) in [4.78, 5) is 2.43. The molecule has 1 atom stereocenters. The summed E-state index contributed by atoms with van der Waals surface area (Å²) in [5, 5.41) is 17.6. The molecule has 1 unspecified atom stereocenters. The molecule has 0 amide bonds. The Morgan fingerprint density at radius 1 is 1.19 bits per heavy atom. The largest absolute Gasteiger partial charge is 0.396 e. The normalized spacial score (nSPS) is 12.7. The lowest BCUT2D eigenvalue weighted by atomic mass is 10.0. The predicted molar refractivity (Wildman–Crippen MR) is 67.1 cm³/mol. The van der Waals surface area contributed by atoms with Crippen molar-refractivity contribution in [1.82, 2.24) is 4.90 Å². The first kappa shape index (κ1) is 15.4. The van der Waals surface area contributed by atoms with Gasteiger partial charge in [0.05, 0.1) is 12.5 Å². The zero-order valence-electron chi connectivity index (χ0n) is 10.8. The van der Waals surface area contributed by atoms with Crippen LogP contribution >= 0.6 is 0 Å². The third-order valence-corrected chi connectivity index (χ3v) is 2.81. The number of rotatable bonds is 10. The maximum atomic E-state index is 8.85. The number of hydrogen-bond donors (Lipinski definition) is 1. The topological polar surface area (TPSA) is 47.3 Å². The van der Waals surface area contributed by atoms with Gasteiger partial charge in [-0.1, -0.05) is 13.8 Å². The molecule has 0 aromatic rings. The van der Waals surface area contributed by atoms with Crippen LogP contribution in [0.4, 0.5) is 0 Å². The fourth-order valence-corrected chi connectivity index (χ4v) is 2.06. The summed E-state index contributed by atoms with van der Waals surface area (Å²) in [7, 11) is 0. The van der Waals surface area contributed by atoms with Gasteiger partial charge in [0.1, 0.15) is 0 Å². The number of nitriles is 1. The molecule has 16 heavy (non-hydrogen) atoms. The smallest absolute Gasteiger partial charge is 0.0638 e. The van der Waals surface area contributed by atoms with E-state index in [1.807, 2.05) is 0 Å². The second-order valence-corrected chi connectivity index (χ2v) is 4.27. The van der Waals surface area contributed by atoms with E-state index in [9.17, 15) is 0 Å². The molecule has 0 aromatic carbocycles. The van der Waals surface area contributed by atoms with Crippen molar-refractivity contribution in [3.05, 3.63) is 0 Å². The van der Waals surface area contributed by atoms with Crippen LogP contribution in [0.1, 0.15) is 52.4 Å². The number of hydrogen-bond acceptors (Lipinski definition) is 3. The lowest BCUT2D eigenvalue weighted by Gasteiger charge is -2.29. The van der Waals surface area contributed by atoms with Gasteiger partial charge in [-0.25, -0.2) is 0 Å². The molecule has 0 bridgehead atoms. The zero-order valence-corrected chi connectivity index (χ0v) is 10.8. The quantitative estimate of drug-likeness (QED) is 0.582. The molecule has 0 aliphatic rings. The highest BCUT2D eigenvalue weighted by Gasteiger charge is 2.16. The first-order valence-electron chi connectivity index (χ1n) is 6.51. The Morgan fingerprint density at radius 2 is 1.81 bits per heavy atom. The fourth-order valence-electron chi connectivity index (χ4n) is 2.06. The molecule has 3 heteroatoms. The highest BCUT2D eigenvalue weighted by Crippen LogP contribution is 2.13. The van der Waals surface area contributed by atoms with Gasteiger partial charge in [-0.15, -0.1) is 0 Å². The molecule has 0 spiro atoms. The molecule has 0 aliphatic heterocycles. The third kappa shape index (κ3) is 6.81. The number of nitrogens with zero attached hydrogens (tertiary/aromatic N) is 2. The number of unbranched alkanes of at least 4 members (excludes halogenated alkanes) is 1. The molecule has 0 rings (SSSR count). The van der Waals surface area contributed by atoms with Gasteiger partial charge in [0.25, 0.3) is 0 Å². The van der Waals surface area contributed by atoms with E-state index < -0.39 is 0 Å². The summed E-state index contributed by atoms with van der Waals surface area (Å²) in [6, 6.07) is 2.67. The first-order chi connectivity index (χ1) is 7.79. The minimum atomic E-state index is 0.265. The summed E-state index contributed by atoms with van der Waals surface area (Å²) in [5.74, 6) is 0. The van der Waals surface area contributed by atoms with Gasteiger partial charge in [-0.2, -0.15) is 5.26 Å². The van der Waals surface area contributed by atoms with E-state index in [1.54, 1.807) is 0 Å². The maximum absolute atomic E-state index is 8.85. The van der Waals surface area contributed by atoms with Gasteiger partial charge < -0.3 is 5.11 Å². The molecule has 0 saturated carbocycles. The van der Waals surface area contributed by atoms with Gasteiger partial charge in [0.15, 0.2) is 0 Å². The lowest BCUT2D eigenvalue weighted by Crippen LogP contribution is -2.36. The molecule has 3 nitrogen and oxygen atoms in total. The van der Waals surface area contributed by atoms with Gasteiger partial charge in [0, 0.05) is 12.6 Å². The summed E-state index contributed by atoms with van der Waals surface area (Å²) in [5.41, 5.74) is 0. The van der Waals surface area contributed by atoms with Crippen LogP contribution < -0.4 is 0 Å². The molecule has 0 aromatic heterocycles. The summed E-state index contributed by atoms with van der Waals surface area (Å²) in [6.07, 6.45) is 5.81. The predicted octanol–water partition coefficient (Wildman–Crippen LogP) is 2.55. The van der Waals surface area contributed by atoms with Crippen molar-refractivity contribution < 1.29 is 5.11 Å². The maximum Gasteiger partial charge on any atom is 0.0638 e. The fraction of sp³-hybridized carbons (Fsp3) is 0.923. The SMILES string of the molecule is CCCN(CCC)C(CC#N)CCCCO. The van der Waals surface area contributed by atoms with Crippen molar-refractivity contribution in [3.63, 3.8) is 0 Å². The van der Waals surface area contributed by atoms with Crippen LogP contribution in [-0.4, -0.2) is 35.7 Å². The van der Waals surface area contributed by atoms with Crippen LogP contribution in [0.5, 0.6) is 0 Å². The number of aliphatic hydroxyl groups excluding tert-OH is 1. The van der Waals surface area contributed by atoms with E-state index in [0.717, 1.165) is 45.2 Å². The Labute approximate surface area is 100 Å². The van der Waals surface area contributed by atoms with E-state index in [2.05, 4.69) is 24.8 Å². The second-order valence-electron chi connectivity index (χ2n) is 4.27. The number of aliphatic hydroxyl groups is 1. The van der Waals surface area contributed by atoms with Crippen LogP contribution in [0.25, 0.3) is 0 Å². The Morgan fingerprint density at radius 3 is 2.25 bits per heavy atom. The minimum absolute atomic E-state index is 0.265. The first-order valence-corrected chi connectivity index (χ1v) is 6.51. The Balaban J connectivity index is 4.15. The minimum Gasteiger partial charge on any atom is -0.396 e. The van der Waals surface area contributed by atoms with Gasteiger partial charge in [0.2, 0.25) is 0 Å². The summed E-state index contributed by atoms with van der Waals surface area (Å²) >= 11 is 0. The summed E-state index contributed by atoms with van der Waals surface area (Å²) < 4.78 is 0. The second kappa shape index (κ2) is 10.9. The van der Waals surface area contributed by atoms with Crippen molar-refractivity contribution >= 4 is 0 Å². The standard InChI is InChI=1S/C13H26N2O/c1-3-10-15(11-4-2)13(8-9-14)7-5-6-12-16/h13,16H,3-8,10-12H2,1-2H3. The Bertz CT molecular complexity index is 183. The van der Waals surface area contributed by atoms with Gasteiger partial charge >= 0.3 is 0 Å². The van der Waals surface area contributed by atoms with Gasteiger partial charge in [-0.3, -0.25) is 4.90 Å². The lowest BCUT2D eigenvalue weighted by molar-refractivity contribution is 0.181. The van der Waals surface area contributed by atoms with E-state index in [4.69, 9.17) is 10.4 Å². The van der Waals surface area contributed by atoms with Crippen molar-refractivity contribution in [2.24, 2.45) is 0 Å². The van der Waals surface area contributed by atoms with Crippen molar-refractivity contribution in [3.8, 4) is 6.07 Å². The molecule has 0 aliphatic carbocycles. The summed E-state index contributed by atoms with van der Waals surface area (Å²) in [6.45, 7) is 6.79. The van der Waals surface area contributed by atoms with E-state index >= 15 is 0 Å². The van der Waals surface area contributed by atoms with E-state index in [1.165, 1.54) is 0 Å². The van der Waals surface area contributed by atoms with Crippen molar-refractivity contribution in [2.45, 2.75) is 58.4 Å². The van der Waals surface area contributed by atoms with Crippen LogP contribution in [0.15, 0.2) is 0 Å². The molecule has 1 N–H and O–H groups in total. The molecule has 0 saturated heterocycles. The third-order valence-electron chi connectivity index (χ3n) is 2.81. The zero-order chi connectivity index (χ0) is 12.2. The molecule has 0 heterocycles. The molecule has 94 valence electrons. The van der Waals surface area contributed by atoms with Crippen LogP contribution in [-0.2, 0) is 0 Å². The van der Waals surface area contributed by atoms with E-state index in [-0.39, 0.29) is 6.61 Å². The highest BCUT2D eigenvalue weighted by molar-refractivity contribution is 4.82. The Hall–Kier alpha value is -0.590. The monoisotopic (exact) mass is 226 g/mol. The molecular formula is C13H26N2O. The van der Waals surface area contributed by atoms with E-state index in [0.29, 0.717) is 12.5 Å². The molecule has 0 fully saturated rings. The van der Waals surface area contributed by atoms with Crippen molar-refractivity contribution in [1.29, 1.82) is 5.26 Å². The van der Waals surface area contributed by atoms with Gasteiger partial charge in [-0.05, 0) is 45.2 Å². The van der Waals surface area contributed by atoms with Crippen LogP contribution in [0.3, 0.4) is 0 Å². The molecular weight excluding hydrogens is 200 g/mol.